The number of unbranched alkanes of at least 4 members (excludes halogenated alkanes) is 1. The predicted octanol–water partition coefficient (Wildman–Crippen LogP) is 4.10. The van der Waals surface area contributed by atoms with Crippen LogP contribution in [-0.2, 0) is 17.7 Å². The number of amides is 2. The summed E-state index contributed by atoms with van der Waals surface area (Å²) in [5.41, 5.74) is 9.14. The summed E-state index contributed by atoms with van der Waals surface area (Å²) in [6.07, 6.45) is 2.24. The van der Waals surface area contributed by atoms with E-state index in [1.807, 2.05) is 24.3 Å². The van der Waals surface area contributed by atoms with Gasteiger partial charge in [0.25, 0.3) is 0 Å². The smallest absolute Gasteiger partial charge is 0.319 e. The van der Waals surface area contributed by atoms with E-state index in [-0.39, 0.29) is 6.03 Å². The Hall–Kier alpha value is -3.72. The van der Waals surface area contributed by atoms with Crippen LogP contribution < -0.4 is 16.4 Å². The molecule has 4 rings (SSSR count). The lowest BCUT2D eigenvalue weighted by Gasteiger charge is -2.12. The van der Waals surface area contributed by atoms with Crippen molar-refractivity contribution in [3.8, 4) is 0 Å². The van der Waals surface area contributed by atoms with Crippen molar-refractivity contribution in [3.63, 3.8) is 0 Å². The molecule has 0 radical (unpaired) electrons. The number of anilines is 2. The topological polar surface area (TPSA) is 107 Å². The Morgan fingerprint density at radius 2 is 2.00 bits per heavy atom. The zero-order chi connectivity index (χ0) is 23.2. The standard InChI is InChI=1S/C24H27FN6O2/c1-33-14-11-20-30-21-22(18-9-2-3-10-19(18)29-23(21)26)31(20)13-5-4-12-27-24(32)28-17-8-6-7-16(25)15-17/h2-3,6-10,15H,4-5,11-14H2,1H3,(H2,26,29)(H2,27,28,32). The Morgan fingerprint density at radius 3 is 2.82 bits per heavy atom. The van der Waals surface area contributed by atoms with Crippen molar-refractivity contribution in [2.45, 2.75) is 25.8 Å². The molecule has 8 nitrogen and oxygen atoms in total. The van der Waals surface area contributed by atoms with Crippen LogP contribution in [0.2, 0.25) is 0 Å². The van der Waals surface area contributed by atoms with Gasteiger partial charge in [0.15, 0.2) is 5.82 Å². The average Bonchev–Trinajstić information content (AvgIpc) is 3.17. The van der Waals surface area contributed by atoms with Gasteiger partial charge in [-0.15, -0.1) is 0 Å². The number of carbonyl (C=O) groups excluding carboxylic acids is 1. The first kappa shape index (κ1) is 22.5. The summed E-state index contributed by atoms with van der Waals surface area (Å²) in [6, 6.07) is 13.3. The fourth-order valence-electron chi connectivity index (χ4n) is 3.87. The highest BCUT2D eigenvalue weighted by Gasteiger charge is 2.17. The van der Waals surface area contributed by atoms with Gasteiger partial charge in [0, 0.05) is 37.7 Å². The molecule has 4 aromatic rings. The molecule has 0 fully saturated rings. The third-order valence-electron chi connectivity index (χ3n) is 5.40. The monoisotopic (exact) mass is 450 g/mol. The van der Waals surface area contributed by atoms with E-state index < -0.39 is 5.82 Å². The maximum Gasteiger partial charge on any atom is 0.319 e. The number of hydrogen-bond acceptors (Lipinski definition) is 5. The molecule has 0 aliphatic carbocycles. The number of aromatic nitrogens is 3. The predicted molar refractivity (Wildman–Crippen MR) is 128 cm³/mol. The van der Waals surface area contributed by atoms with Crippen molar-refractivity contribution < 1.29 is 13.9 Å². The minimum absolute atomic E-state index is 0.362. The van der Waals surface area contributed by atoms with Crippen LogP contribution in [0.1, 0.15) is 18.7 Å². The Balaban J connectivity index is 1.43. The van der Waals surface area contributed by atoms with Gasteiger partial charge in [0.05, 0.1) is 17.6 Å². The molecule has 0 saturated heterocycles. The van der Waals surface area contributed by atoms with Gasteiger partial charge in [0.1, 0.15) is 17.2 Å². The molecule has 2 aromatic heterocycles. The van der Waals surface area contributed by atoms with Crippen LogP contribution in [0, 0.1) is 5.82 Å². The highest BCUT2D eigenvalue weighted by Crippen LogP contribution is 2.29. The molecular weight excluding hydrogens is 423 g/mol. The molecule has 0 saturated carbocycles. The van der Waals surface area contributed by atoms with Gasteiger partial charge in [-0.25, -0.2) is 19.2 Å². The van der Waals surface area contributed by atoms with Crippen LogP contribution in [0.3, 0.4) is 0 Å². The summed E-state index contributed by atoms with van der Waals surface area (Å²) in [7, 11) is 1.67. The SMILES string of the molecule is COCCc1nc2c(N)nc3ccccc3c2n1CCCCNC(=O)Nc1cccc(F)c1. The van der Waals surface area contributed by atoms with Gasteiger partial charge in [-0.2, -0.15) is 0 Å². The van der Waals surface area contributed by atoms with E-state index in [0.717, 1.165) is 41.6 Å². The molecule has 0 aliphatic rings. The molecule has 0 unspecified atom stereocenters. The number of nitrogens with two attached hydrogens (primary N) is 1. The fourth-order valence-corrected chi connectivity index (χ4v) is 3.87. The lowest BCUT2D eigenvalue weighted by molar-refractivity contribution is 0.199. The maximum atomic E-state index is 13.2. The molecule has 0 atom stereocenters. The fraction of sp³-hybridized carbons (Fsp3) is 0.292. The van der Waals surface area contributed by atoms with E-state index in [9.17, 15) is 9.18 Å². The van der Waals surface area contributed by atoms with E-state index in [0.29, 0.717) is 36.6 Å². The molecular formula is C24H27FN6O2. The number of nitrogens with one attached hydrogen (secondary N) is 2. The number of hydrogen-bond donors (Lipinski definition) is 3. The van der Waals surface area contributed by atoms with Crippen molar-refractivity contribution in [1.29, 1.82) is 0 Å². The first-order valence-electron chi connectivity index (χ1n) is 10.9. The zero-order valence-electron chi connectivity index (χ0n) is 18.5. The van der Waals surface area contributed by atoms with Crippen molar-refractivity contribution >= 4 is 39.5 Å². The average molecular weight is 451 g/mol. The van der Waals surface area contributed by atoms with Gasteiger partial charge >= 0.3 is 6.03 Å². The minimum atomic E-state index is -0.395. The second-order valence-corrected chi connectivity index (χ2v) is 7.73. The summed E-state index contributed by atoms with van der Waals surface area (Å²) in [4.78, 5) is 21.3. The second kappa shape index (κ2) is 10.3. The van der Waals surface area contributed by atoms with Gasteiger partial charge in [0.2, 0.25) is 0 Å². The number of nitrogen functional groups attached to an aromatic ring is 1. The van der Waals surface area contributed by atoms with E-state index in [4.69, 9.17) is 15.5 Å². The van der Waals surface area contributed by atoms with E-state index in [1.165, 1.54) is 12.1 Å². The number of urea groups is 1. The summed E-state index contributed by atoms with van der Waals surface area (Å²) in [6.45, 7) is 1.76. The van der Waals surface area contributed by atoms with Crippen LogP contribution in [0.15, 0.2) is 48.5 Å². The van der Waals surface area contributed by atoms with Gasteiger partial charge in [-0.1, -0.05) is 24.3 Å². The molecule has 0 bridgehead atoms. The first-order chi connectivity index (χ1) is 16.1. The first-order valence-corrected chi connectivity index (χ1v) is 10.9. The number of carbonyl (C=O) groups is 1. The number of aryl methyl sites for hydroxylation is 1. The summed E-state index contributed by atoms with van der Waals surface area (Å²) in [5, 5.41) is 6.44. The van der Waals surface area contributed by atoms with E-state index >= 15 is 0 Å². The number of pyridine rings is 1. The number of benzene rings is 2. The quantitative estimate of drug-likeness (QED) is 0.333. The summed E-state index contributed by atoms with van der Waals surface area (Å²) < 4.78 is 20.7. The Kier molecular flexibility index (Phi) is 6.99. The minimum Gasteiger partial charge on any atom is -0.384 e. The summed E-state index contributed by atoms with van der Waals surface area (Å²) in [5.74, 6) is 0.915. The van der Waals surface area contributed by atoms with Crippen LogP contribution in [0.5, 0.6) is 0 Å². The summed E-state index contributed by atoms with van der Waals surface area (Å²) >= 11 is 0. The lowest BCUT2D eigenvalue weighted by Crippen LogP contribution is -2.29. The van der Waals surface area contributed by atoms with Gasteiger partial charge in [-0.05, 0) is 37.1 Å². The molecule has 0 aliphatic heterocycles. The van der Waals surface area contributed by atoms with Crippen molar-refractivity contribution in [2.75, 3.05) is 31.3 Å². The normalized spacial score (nSPS) is 11.2. The number of halogens is 1. The Bertz CT molecular complexity index is 1270. The van der Waals surface area contributed by atoms with Crippen molar-refractivity contribution in [1.82, 2.24) is 19.9 Å². The number of para-hydroxylation sites is 1. The Morgan fingerprint density at radius 1 is 1.15 bits per heavy atom. The third-order valence-corrected chi connectivity index (χ3v) is 5.40. The molecule has 4 N–H and O–H groups in total. The van der Waals surface area contributed by atoms with Gasteiger partial charge in [-0.3, -0.25) is 0 Å². The van der Waals surface area contributed by atoms with Crippen LogP contribution >= 0.6 is 0 Å². The lowest BCUT2D eigenvalue weighted by atomic mass is 10.2. The number of rotatable bonds is 9. The third kappa shape index (κ3) is 5.20. The maximum absolute atomic E-state index is 13.2. The van der Waals surface area contributed by atoms with Crippen LogP contribution in [-0.4, -0.2) is 40.8 Å². The van der Waals surface area contributed by atoms with Crippen LogP contribution in [0.25, 0.3) is 21.9 Å². The Labute approximate surface area is 191 Å². The molecule has 172 valence electrons. The molecule has 2 amide bonds. The largest absolute Gasteiger partial charge is 0.384 e. The van der Waals surface area contributed by atoms with Crippen molar-refractivity contribution in [2.24, 2.45) is 0 Å². The number of imidazole rings is 1. The number of methoxy groups -OCH3 is 1. The molecule has 33 heavy (non-hydrogen) atoms. The number of nitrogens with zero attached hydrogens (tertiary/aromatic N) is 3. The molecule has 0 spiro atoms. The zero-order valence-corrected chi connectivity index (χ0v) is 18.5. The van der Waals surface area contributed by atoms with Gasteiger partial charge < -0.3 is 25.7 Å². The second-order valence-electron chi connectivity index (χ2n) is 7.73. The van der Waals surface area contributed by atoms with E-state index in [2.05, 4.69) is 20.2 Å². The highest BCUT2D eigenvalue weighted by atomic mass is 19.1. The molecule has 9 heteroatoms. The van der Waals surface area contributed by atoms with Crippen molar-refractivity contribution in [3.05, 3.63) is 60.2 Å². The number of ether oxygens (including phenoxy) is 1. The highest BCUT2D eigenvalue weighted by molar-refractivity contribution is 6.06. The molecule has 2 aromatic carbocycles. The number of fused-ring (bicyclic) bond motifs is 3. The van der Waals surface area contributed by atoms with E-state index in [1.54, 1.807) is 19.2 Å². The molecule has 2 heterocycles. The van der Waals surface area contributed by atoms with Crippen LogP contribution in [0.4, 0.5) is 20.7 Å².